The molecule has 0 aliphatic heterocycles. The lowest BCUT2D eigenvalue weighted by Gasteiger charge is -2.13. The van der Waals surface area contributed by atoms with Crippen LogP contribution in [0.4, 0.5) is 0 Å². The SMILES string of the molecule is C=C(NCC(=O)c1ccc(-c2ccc3cc(-c4cn(C)c(CC)n4)ccc3c2)cc1)OC(C)C.CC.[HH]. The minimum Gasteiger partial charge on any atom is -0.477 e. The zero-order valence-electron chi connectivity index (χ0n) is 22.3. The van der Waals surface area contributed by atoms with Crippen molar-refractivity contribution in [3.05, 3.63) is 90.7 Å². The first-order valence-electron chi connectivity index (χ1n) is 12.6. The van der Waals surface area contributed by atoms with E-state index in [1.54, 1.807) is 0 Å². The number of fused-ring (bicyclic) bond motifs is 1. The third-order valence-electron chi connectivity index (χ3n) is 5.79. The number of carbonyl (C=O) groups excluding carboxylic acids is 1. The van der Waals surface area contributed by atoms with Gasteiger partial charge < -0.3 is 14.6 Å². The van der Waals surface area contributed by atoms with Gasteiger partial charge >= 0.3 is 0 Å². The van der Waals surface area contributed by atoms with Crippen LogP contribution in [0.15, 0.2) is 79.3 Å². The maximum absolute atomic E-state index is 12.5. The molecule has 4 aromatic rings. The third-order valence-corrected chi connectivity index (χ3v) is 5.79. The highest BCUT2D eigenvalue weighted by atomic mass is 16.5. The van der Waals surface area contributed by atoms with Crippen molar-refractivity contribution in [3.63, 3.8) is 0 Å². The van der Waals surface area contributed by atoms with Gasteiger partial charge in [-0.15, -0.1) is 0 Å². The predicted molar refractivity (Wildman–Crippen MR) is 152 cm³/mol. The molecule has 0 saturated carbocycles. The highest BCUT2D eigenvalue weighted by Crippen LogP contribution is 2.28. The van der Waals surface area contributed by atoms with Crippen LogP contribution in [-0.4, -0.2) is 28.0 Å². The maximum atomic E-state index is 12.5. The van der Waals surface area contributed by atoms with Gasteiger partial charge in [-0.1, -0.05) is 69.3 Å². The molecule has 0 aliphatic rings. The molecule has 3 aromatic carbocycles. The predicted octanol–water partition coefficient (Wildman–Crippen LogP) is 7.41. The average molecular weight is 486 g/mol. The summed E-state index contributed by atoms with van der Waals surface area (Å²) in [5.74, 6) is 1.48. The van der Waals surface area contributed by atoms with Crippen molar-refractivity contribution in [3.8, 4) is 22.4 Å². The summed E-state index contributed by atoms with van der Waals surface area (Å²) in [6.45, 7) is 13.9. The quantitative estimate of drug-likeness (QED) is 0.198. The fourth-order valence-corrected chi connectivity index (χ4v) is 4.01. The number of nitrogens with zero attached hydrogens (tertiary/aromatic N) is 2. The number of rotatable bonds is 9. The molecule has 5 heteroatoms. The number of aromatic nitrogens is 2. The van der Waals surface area contributed by atoms with Gasteiger partial charge in [0, 0.05) is 32.2 Å². The Hall–Kier alpha value is -3.86. The van der Waals surface area contributed by atoms with Crippen LogP contribution in [0.3, 0.4) is 0 Å². The molecule has 1 heterocycles. The molecule has 0 amide bonds. The van der Waals surface area contributed by atoms with Crippen LogP contribution in [0.1, 0.15) is 52.2 Å². The fourth-order valence-electron chi connectivity index (χ4n) is 4.01. The number of nitrogens with one attached hydrogen (secondary N) is 1. The number of benzene rings is 3. The molecule has 1 aromatic heterocycles. The molecule has 1 N–H and O–H groups in total. The van der Waals surface area contributed by atoms with Gasteiger partial charge in [0.15, 0.2) is 11.7 Å². The third kappa shape index (κ3) is 6.42. The molecule has 36 heavy (non-hydrogen) atoms. The van der Waals surface area contributed by atoms with Crippen molar-refractivity contribution in [1.29, 1.82) is 0 Å². The van der Waals surface area contributed by atoms with Crippen LogP contribution in [0.25, 0.3) is 33.2 Å². The Morgan fingerprint density at radius 1 is 1.00 bits per heavy atom. The second kappa shape index (κ2) is 12.2. The number of ether oxygens (including phenoxy) is 1. The zero-order chi connectivity index (χ0) is 26.2. The molecule has 5 nitrogen and oxygen atoms in total. The molecule has 0 unspecified atom stereocenters. The molecule has 0 aliphatic carbocycles. The average Bonchev–Trinajstić information content (AvgIpc) is 3.28. The second-order valence-corrected chi connectivity index (χ2v) is 8.73. The Labute approximate surface area is 216 Å². The smallest absolute Gasteiger partial charge is 0.181 e. The first kappa shape index (κ1) is 26.7. The Bertz CT molecular complexity index is 1340. The van der Waals surface area contributed by atoms with Gasteiger partial charge in [0.05, 0.1) is 18.3 Å². The molecule has 0 bridgehead atoms. The summed E-state index contributed by atoms with van der Waals surface area (Å²) in [6.07, 6.45) is 3.02. The van der Waals surface area contributed by atoms with Crippen LogP contribution >= 0.6 is 0 Å². The lowest BCUT2D eigenvalue weighted by atomic mass is 9.98. The standard InChI is InChI=1S/C29H31N3O2.C2H6.H2/c1-6-29-31-27(18-32(29)5)26-14-13-24-15-23(11-12-25(24)16-26)21-7-9-22(10-8-21)28(33)17-30-20(4)34-19(2)3;1-2;/h7-16,18-19,30H,4,6,17H2,1-3,5H3;1-2H3;1H. The molecule has 0 saturated heterocycles. The van der Waals surface area contributed by atoms with Crippen molar-refractivity contribution in [2.45, 2.75) is 47.1 Å². The van der Waals surface area contributed by atoms with Gasteiger partial charge in [-0.3, -0.25) is 4.79 Å². The Balaban J connectivity index is 0.00000157. The van der Waals surface area contributed by atoms with E-state index in [4.69, 9.17) is 9.72 Å². The number of aryl methyl sites for hydroxylation is 2. The van der Waals surface area contributed by atoms with E-state index in [2.05, 4.69) is 66.0 Å². The van der Waals surface area contributed by atoms with E-state index in [0.717, 1.165) is 34.6 Å². The van der Waals surface area contributed by atoms with Crippen molar-refractivity contribution in [2.24, 2.45) is 7.05 Å². The molecule has 0 spiro atoms. The molecule has 190 valence electrons. The minimum absolute atomic E-state index is 0. The molecule has 0 radical (unpaired) electrons. The Morgan fingerprint density at radius 3 is 2.17 bits per heavy atom. The minimum atomic E-state index is -0.00755. The van der Waals surface area contributed by atoms with Gasteiger partial charge in [0.25, 0.3) is 0 Å². The summed E-state index contributed by atoms with van der Waals surface area (Å²) in [4.78, 5) is 17.2. The summed E-state index contributed by atoms with van der Waals surface area (Å²) < 4.78 is 7.52. The van der Waals surface area contributed by atoms with E-state index in [9.17, 15) is 4.79 Å². The number of hydrogen-bond acceptors (Lipinski definition) is 4. The van der Waals surface area contributed by atoms with Crippen LogP contribution in [-0.2, 0) is 18.2 Å². The van der Waals surface area contributed by atoms with E-state index in [1.165, 1.54) is 10.8 Å². The van der Waals surface area contributed by atoms with E-state index < -0.39 is 0 Å². The number of ketones is 1. The monoisotopic (exact) mass is 485 g/mol. The van der Waals surface area contributed by atoms with Crippen LogP contribution in [0.2, 0.25) is 0 Å². The summed E-state index contributed by atoms with van der Waals surface area (Å²) in [6, 6.07) is 20.6. The van der Waals surface area contributed by atoms with Crippen LogP contribution < -0.4 is 5.32 Å². The summed E-state index contributed by atoms with van der Waals surface area (Å²) in [7, 11) is 2.04. The van der Waals surface area contributed by atoms with Gasteiger partial charge in [-0.25, -0.2) is 4.98 Å². The highest BCUT2D eigenvalue weighted by molar-refractivity contribution is 5.98. The summed E-state index contributed by atoms with van der Waals surface area (Å²) in [5, 5.41) is 5.27. The maximum Gasteiger partial charge on any atom is 0.181 e. The molecular formula is C31H39N3O2. The van der Waals surface area contributed by atoms with E-state index in [0.29, 0.717) is 11.4 Å². The van der Waals surface area contributed by atoms with Crippen LogP contribution in [0, 0.1) is 0 Å². The lowest BCUT2D eigenvalue weighted by Crippen LogP contribution is -2.24. The number of Topliss-reactive ketones (excluding diaryl/α,β-unsaturated/α-hetero) is 1. The number of imidazole rings is 1. The van der Waals surface area contributed by atoms with Crippen molar-refractivity contribution in [1.82, 2.24) is 14.9 Å². The van der Waals surface area contributed by atoms with Crippen LogP contribution in [0.5, 0.6) is 0 Å². The van der Waals surface area contributed by atoms with Crippen molar-refractivity contribution in [2.75, 3.05) is 6.54 Å². The second-order valence-electron chi connectivity index (χ2n) is 8.73. The lowest BCUT2D eigenvalue weighted by molar-refractivity contribution is 0.0961. The number of carbonyl (C=O) groups is 1. The zero-order valence-corrected chi connectivity index (χ0v) is 22.3. The van der Waals surface area contributed by atoms with E-state index in [-0.39, 0.29) is 19.9 Å². The first-order chi connectivity index (χ1) is 17.3. The highest BCUT2D eigenvalue weighted by Gasteiger charge is 2.10. The van der Waals surface area contributed by atoms with Gasteiger partial charge in [0.2, 0.25) is 0 Å². The summed E-state index contributed by atoms with van der Waals surface area (Å²) >= 11 is 0. The fraction of sp³-hybridized carbons (Fsp3) is 0.290. The van der Waals surface area contributed by atoms with Crippen molar-refractivity contribution < 1.29 is 11.0 Å². The van der Waals surface area contributed by atoms with Crippen molar-refractivity contribution >= 4 is 16.6 Å². The van der Waals surface area contributed by atoms with Gasteiger partial charge in [0.1, 0.15) is 5.82 Å². The topological polar surface area (TPSA) is 56.2 Å². The molecular weight excluding hydrogens is 446 g/mol. The number of hydrogen-bond donors (Lipinski definition) is 1. The normalized spacial score (nSPS) is 10.6. The molecule has 0 atom stereocenters. The van der Waals surface area contributed by atoms with Gasteiger partial charge in [-0.2, -0.15) is 0 Å². The van der Waals surface area contributed by atoms with Gasteiger partial charge in [-0.05, 0) is 54.5 Å². The summed E-state index contributed by atoms with van der Waals surface area (Å²) in [5.41, 5.74) is 4.95. The first-order valence-corrected chi connectivity index (χ1v) is 12.6. The molecule has 4 rings (SSSR count). The largest absolute Gasteiger partial charge is 0.477 e. The Kier molecular flexibility index (Phi) is 9.07. The molecule has 0 fully saturated rings. The van der Waals surface area contributed by atoms with E-state index >= 15 is 0 Å². The Morgan fingerprint density at radius 2 is 1.58 bits per heavy atom. The van der Waals surface area contributed by atoms with E-state index in [1.807, 2.05) is 59.0 Å².